The predicted molar refractivity (Wildman–Crippen MR) is 104 cm³/mol. The van der Waals surface area contributed by atoms with E-state index in [1.165, 1.54) is 6.08 Å². The van der Waals surface area contributed by atoms with Crippen LogP contribution in [0.15, 0.2) is 53.9 Å². The van der Waals surface area contributed by atoms with Crippen LogP contribution in [0.2, 0.25) is 5.02 Å². The minimum absolute atomic E-state index is 0.130. The maximum Gasteiger partial charge on any atom is 0.234 e. The molecule has 0 aromatic heterocycles. The molecule has 2 aromatic rings. The van der Waals surface area contributed by atoms with Gasteiger partial charge in [-0.05, 0) is 47.9 Å². The molecule has 0 aliphatic carbocycles. The van der Waals surface area contributed by atoms with Crippen LogP contribution in [-0.4, -0.2) is 20.9 Å². The first kappa shape index (κ1) is 18.6. The van der Waals surface area contributed by atoms with Gasteiger partial charge in [-0.15, -0.1) is 0 Å². The molecule has 0 atom stereocenters. The topological polar surface area (TPSA) is 66.5 Å². The molecular formula is C19H19ClN2O3S. The Bertz CT molecular complexity index is 907. The molecule has 5 nitrogen and oxygen atoms in total. The number of sulfonamides is 1. The van der Waals surface area contributed by atoms with E-state index in [4.69, 9.17) is 11.6 Å². The second kappa shape index (κ2) is 8.03. The number of nitrogens with zero attached hydrogens (tertiary/aromatic N) is 1. The van der Waals surface area contributed by atoms with Crippen molar-refractivity contribution in [2.45, 2.75) is 19.4 Å². The Morgan fingerprint density at radius 3 is 2.38 bits per heavy atom. The third-order valence-corrected chi connectivity index (χ3v) is 5.40. The Morgan fingerprint density at radius 1 is 1.08 bits per heavy atom. The molecular weight excluding hydrogens is 372 g/mol. The third-order valence-electron chi connectivity index (χ3n) is 4.11. The van der Waals surface area contributed by atoms with Crippen molar-refractivity contribution in [3.05, 3.63) is 70.1 Å². The molecule has 1 saturated heterocycles. The van der Waals surface area contributed by atoms with E-state index >= 15 is 0 Å². The van der Waals surface area contributed by atoms with Crippen LogP contribution in [-0.2, 0) is 21.4 Å². The number of anilines is 1. The number of hydrogen-bond donors (Lipinski definition) is 1. The van der Waals surface area contributed by atoms with Gasteiger partial charge < -0.3 is 4.90 Å². The van der Waals surface area contributed by atoms with Crippen molar-refractivity contribution in [3.8, 4) is 0 Å². The number of hydrogen-bond acceptors (Lipinski definition) is 3. The van der Waals surface area contributed by atoms with Crippen LogP contribution >= 0.6 is 11.6 Å². The summed E-state index contributed by atoms with van der Waals surface area (Å²) in [5.74, 6) is 0.130. The fourth-order valence-corrected chi connectivity index (χ4v) is 3.62. The summed E-state index contributed by atoms with van der Waals surface area (Å²) in [6.07, 6.45) is 2.97. The van der Waals surface area contributed by atoms with Gasteiger partial charge in [0.2, 0.25) is 15.9 Å². The summed E-state index contributed by atoms with van der Waals surface area (Å²) < 4.78 is 26.7. The minimum Gasteiger partial charge on any atom is -0.312 e. The van der Waals surface area contributed by atoms with Crippen molar-refractivity contribution in [2.24, 2.45) is 0 Å². The Balaban J connectivity index is 1.58. The van der Waals surface area contributed by atoms with Gasteiger partial charge in [-0.2, -0.15) is 0 Å². The number of carbonyl (C=O) groups is 1. The van der Waals surface area contributed by atoms with E-state index in [-0.39, 0.29) is 12.5 Å². The van der Waals surface area contributed by atoms with Crippen LogP contribution in [0.4, 0.5) is 5.69 Å². The summed E-state index contributed by atoms with van der Waals surface area (Å²) in [6, 6.07) is 14.2. The Morgan fingerprint density at radius 2 is 1.77 bits per heavy atom. The lowest BCUT2D eigenvalue weighted by Crippen LogP contribution is -2.24. The van der Waals surface area contributed by atoms with Gasteiger partial charge in [-0.3, -0.25) is 4.79 Å². The highest BCUT2D eigenvalue weighted by Crippen LogP contribution is 2.21. The van der Waals surface area contributed by atoms with Gasteiger partial charge in [0.1, 0.15) is 0 Å². The second-order valence-corrected chi connectivity index (χ2v) is 8.12. The standard InChI is InChI=1S/C19H19ClN2O3S/c20-17-7-3-15(4-8-17)11-13-26(24,25)21-14-16-5-9-18(10-6-16)22-12-1-2-19(22)23/h3-11,13,21H,1-2,12,14H2/b13-11+. The summed E-state index contributed by atoms with van der Waals surface area (Å²) in [5.41, 5.74) is 2.42. The van der Waals surface area contributed by atoms with E-state index in [0.717, 1.165) is 35.2 Å². The lowest BCUT2D eigenvalue weighted by molar-refractivity contribution is -0.117. The fourth-order valence-electron chi connectivity index (χ4n) is 2.69. The number of benzene rings is 2. The van der Waals surface area contributed by atoms with Gasteiger partial charge >= 0.3 is 0 Å². The van der Waals surface area contributed by atoms with Crippen molar-refractivity contribution < 1.29 is 13.2 Å². The van der Waals surface area contributed by atoms with Crippen molar-refractivity contribution >= 4 is 39.3 Å². The zero-order valence-corrected chi connectivity index (χ0v) is 15.6. The van der Waals surface area contributed by atoms with Crippen LogP contribution < -0.4 is 9.62 Å². The number of amides is 1. The predicted octanol–water partition coefficient (Wildman–Crippen LogP) is 3.56. The molecule has 1 amide bonds. The SMILES string of the molecule is O=C1CCCN1c1ccc(CNS(=O)(=O)/C=C/c2ccc(Cl)cc2)cc1. The van der Waals surface area contributed by atoms with E-state index < -0.39 is 10.0 Å². The summed E-state index contributed by atoms with van der Waals surface area (Å²) in [5, 5.41) is 1.73. The number of rotatable bonds is 6. The molecule has 1 aliphatic rings. The molecule has 1 aliphatic heterocycles. The van der Waals surface area contributed by atoms with E-state index in [9.17, 15) is 13.2 Å². The van der Waals surface area contributed by atoms with Crippen molar-refractivity contribution in [2.75, 3.05) is 11.4 Å². The maximum atomic E-state index is 12.1. The molecule has 2 aromatic carbocycles. The van der Waals surface area contributed by atoms with Crippen LogP contribution in [0.5, 0.6) is 0 Å². The molecule has 0 spiro atoms. The Hall–Kier alpha value is -2.15. The summed E-state index contributed by atoms with van der Waals surface area (Å²) in [6.45, 7) is 0.918. The number of halogens is 1. The minimum atomic E-state index is -3.55. The van der Waals surface area contributed by atoms with E-state index in [1.54, 1.807) is 29.2 Å². The monoisotopic (exact) mass is 390 g/mol. The van der Waals surface area contributed by atoms with Gasteiger partial charge in [0.25, 0.3) is 0 Å². The fraction of sp³-hybridized carbons (Fsp3) is 0.211. The highest BCUT2D eigenvalue weighted by atomic mass is 35.5. The molecule has 0 bridgehead atoms. The van der Waals surface area contributed by atoms with E-state index in [0.29, 0.717) is 11.4 Å². The highest BCUT2D eigenvalue weighted by Gasteiger charge is 2.21. The normalized spacial score (nSPS) is 15.1. The number of carbonyl (C=O) groups excluding carboxylic acids is 1. The van der Waals surface area contributed by atoms with E-state index in [2.05, 4.69) is 4.72 Å². The van der Waals surface area contributed by atoms with Gasteiger partial charge in [0, 0.05) is 35.6 Å². The second-order valence-electron chi connectivity index (χ2n) is 6.04. The maximum absolute atomic E-state index is 12.1. The van der Waals surface area contributed by atoms with Crippen LogP contribution in [0.25, 0.3) is 6.08 Å². The van der Waals surface area contributed by atoms with Gasteiger partial charge in [0.05, 0.1) is 0 Å². The van der Waals surface area contributed by atoms with Crippen molar-refractivity contribution in [1.29, 1.82) is 0 Å². The average molecular weight is 391 g/mol. The van der Waals surface area contributed by atoms with Crippen LogP contribution in [0.3, 0.4) is 0 Å². The summed E-state index contributed by atoms with van der Waals surface area (Å²) in [4.78, 5) is 13.5. The number of nitrogens with one attached hydrogen (secondary N) is 1. The summed E-state index contributed by atoms with van der Waals surface area (Å²) in [7, 11) is -3.55. The quantitative estimate of drug-likeness (QED) is 0.820. The van der Waals surface area contributed by atoms with Gasteiger partial charge in [-0.25, -0.2) is 13.1 Å². The first-order valence-electron chi connectivity index (χ1n) is 8.26. The lowest BCUT2D eigenvalue weighted by atomic mass is 10.2. The molecule has 7 heteroatoms. The molecule has 1 fully saturated rings. The Labute approximate surface area is 158 Å². The molecule has 0 unspecified atom stereocenters. The first-order chi connectivity index (χ1) is 12.4. The molecule has 1 heterocycles. The van der Waals surface area contributed by atoms with Crippen LogP contribution in [0, 0.1) is 0 Å². The zero-order chi connectivity index (χ0) is 18.6. The summed E-state index contributed by atoms with van der Waals surface area (Å²) >= 11 is 5.80. The largest absolute Gasteiger partial charge is 0.312 e. The molecule has 0 saturated carbocycles. The highest BCUT2D eigenvalue weighted by molar-refractivity contribution is 7.92. The van der Waals surface area contributed by atoms with Gasteiger partial charge in [0.15, 0.2) is 0 Å². The smallest absolute Gasteiger partial charge is 0.234 e. The van der Waals surface area contributed by atoms with Gasteiger partial charge in [-0.1, -0.05) is 35.9 Å². The zero-order valence-electron chi connectivity index (χ0n) is 14.1. The van der Waals surface area contributed by atoms with E-state index in [1.807, 2.05) is 24.3 Å². The molecule has 0 radical (unpaired) electrons. The molecule has 26 heavy (non-hydrogen) atoms. The third kappa shape index (κ3) is 4.94. The van der Waals surface area contributed by atoms with Crippen LogP contribution in [0.1, 0.15) is 24.0 Å². The first-order valence-corrected chi connectivity index (χ1v) is 10.2. The molecule has 136 valence electrons. The van der Waals surface area contributed by atoms with Crippen molar-refractivity contribution in [3.63, 3.8) is 0 Å². The molecule has 3 rings (SSSR count). The molecule has 1 N–H and O–H groups in total. The average Bonchev–Trinajstić information content (AvgIpc) is 3.06. The van der Waals surface area contributed by atoms with Crippen molar-refractivity contribution in [1.82, 2.24) is 4.72 Å². The lowest BCUT2D eigenvalue weighted by Gasteiger charge is -2.15. The Kier molecular flexibility index (Phi) is 5.76.